The van der Waals surface area contributed by atoms with E-state index < -0.39 is 0 Å². The minimum atomic E-state index is -0.0197. The van der Waals surface area contributed by atoms with Crippen LogP contribution in [0.4, 0.5) is 0 Å². The van der Waals surface area contributed by atoms with Crippen LogP contribution in [-0.4, -0.2) is 12.5 Å². The second-order valence-electron chi connectivity index (χ2n) is 5.53. The summed E-state index contributed by atoms with van der Waals surface area (Å²) in [5.74, 6) is 1.62. The van der Waals surface area contributed by atoms with Crippen molar-refractivity contribution in [2.24, 2.45) is 17.3 Å². The molecule has 1 aliphatic carbocycles. The third-order valence-electron chi connectivity index (χ3n) is 4.79. The maximum atomic E-state index is 12.2. The van der Waals surface area contributed by atoms with Crippen LogP contribution in [0.3, 0.4) is 0 Å². The van der Waals surface area contributed by atoms with Crippen LogP contribution in [-0.2, 0) is 4.79 Å². The molecule has 15 heavy (non-hydrogen) atoms. The normalized spacial score (nSPS) is 42.4. The monoisotopic (exact) mass is 209 g/mol. The van der Waals surface area contributed by atoms with Gasteiger partial charge in [0.15, 0.2) is 0 Å². The Balaban J connectivity index is 2.23. The van der Waals surface area contributed by atoms with Crippen LogP contribution in [0.1, 0.15) is 52.4 Å². The summed E-state index contributed by atoms with van der Waals surface area (Å²) in [7, 11) is 0. The number of carbonyl (C=O) groups excluding carboxylic acids is 1. The van der Waals surface area contributed by atoms with Crippen molar-refractivity contribution >= 4 is 5.91 Å². The van der Waals surface area contributed by atoms with Gasteiger partial charge in [-0.2, -0.15) is 0 Å². The Morgan fingerprint density at radius 2 is 1.93 bits per heavy atom. The zero-order chi connectivity index (χ0) is 10.9. The van der Waals surface area contributed by atoms with Gasteiger partial charge in [0.25, 0.3) is 0 Å². The van der Waals surface area contributed by atoms with E-state index in [-0.39, 0.29) is 5.41 Å². The highest BCUT2D eigenvalue weighted by Crippen LogP contribution is 2.48. The molecule has 0 aromatic heterocycles. The molecule has 0 radical (unpaired) electrons. The molecule has 0 bridgehead atoms. The van der Waals surface area contributed by atoms with Gasteiger partial charge in [-0.25, -0.2) is 0 Å². The average molecular weight is 209 g/mol. The zero-order valence-corrected chi connectivity index (χ0v) is 10.0. The molecule has 0 unspecified atom stereocenters. The smallest absolute Gasteiger partial charge is 0.226 e. The van der Waals surface area contributed by atoms with Crippen LogP contribution < -0.4 is 5.32 Å². The number of hydrogen-bond donors (Lipinski definition) is 1. The molecular weight excluding hydrogens is 186 g/mol. The van der Waals surface area contributed by atoms with Gasteiger partial charge in [-0.3, -0.25) is 4.79 Å². The second-order valence-corrected chi connectivity index (χ2v) is 5.53. The lowest BCUT2D eigenvalue weighted by Crippen LogP contribution is -2.47. The van der Waals surface area contributed by atoms with Crippen LogP contribution in [0.2, 0.25) is 0 Å². The first-order valence-electron chi connectivity index (χ1n) is 6.45. The Bertz CT molecular complexity index is 251. The SMILES string of the molecule is C[C@@H]1CCC[C@@]2(CCCCNC2=O)[C@@H]1C. The molecule has 0 aromatic rings. The van der Waals surface area contributed by atoms with E-state index in [0.717, 1.165) is 25.8 Å². The molecule has 2 nitrogen and oxygen atoms in total. The van der Waals surface area contributed by atoms with Crippen molar-refractivity contribution < 1.29 is 4.79 Å². The summed E-state index contributed by atoms with van der Waals surface area (Å²) in [6, 6.07) is 0. The van der Waals surface area contributed by atoms with Crippen LogP contribution in [0.5, 0.6) is 0 Å². The summed E-state index contributed by atoms with van der Waals surface area (Å²) < 4.78 is 0. The van der Waals surface area contributed by atoms with Crippen molar-refractivity contribution in [3.63, 3.8) is 0 Å². The molecule has 1 heterocycles. The summed E-state index contributed by atoms with van der Waals surface area (Å²) in [5, 5.41) is 3.12. The molecule has 2 heteroatoms. The van der Waals surface area contributed by atoms with Crippen LogP contribution in [0, 0.1) is 17.3 Å². The summed E-state index contributed by atoms with van der Waals surface area (Å²) in [6.45, 7) is 5.49. The molecule has 1 amide bonds. The Morgan fingerprint density at radius 3 is 2.73 bits per heavy atom. The predicted molar refractivity (Wildman–Crippen MR) is 61.5 cm³/mol. The first-order valence-corrected chi connectivity index (χ1v) is 6.45. The fraction of sp³-hybridized carbons (Fsp3) is 0.923. The predicted octanol–water partition coefficient (Wildman–Crippen LogP) is 2.73. The highest BCUT2D eigenvalue weighted by molar-refractivity contribution is 5.83. The molecule has 1 saturated carbocycles. The van der Waals surface area contributed by atoms with Crippen molar-refractivity contribution in [2.75, 3.05) is 6.54 Å². The number of amides is 1. The Hall–Kier alpha value is -0.530. The van der Waals surface area contributed by atoms with Crippen molar-refractivity contribution in [3.05, 3.63) is 0 Å². The van der Waals surface area contributed by atoms with Crippen molar-refractivity contribution in [3.8, 4) is 0 Å². The maximum Gasteiger partial charge on any atom is 0.226 e. The first kappa shape index (κ1) is 11.0. The van der Waals surface area contributed by atoms with E-state index in [1.807, 2.05) is 0 Å². The molecule has 1 N–H and O–H groups in total. The minimum Gasteiger partial charge on any atom is -0.356 e. The van der Waals surface area contributed by atoms with Gasteiger partial charge < -0.3 is 5.32 Å². The largest absolute Gasteiger partial charge is 0.356 e. The third kappa shape index (κ3) is 1.79. The zero-order valence-electron chi connectivity index (χ0n) is 10.0. The molecule has 2 rings (SSSR count). The lowest BCUT2D eigenvalue weighted by Gasteiger charge is -2.44. The van der Waals surface area contributed by atoms with Crippen molar-refractivity contribution in [2.45, 2.75) is 52.4 Å². The van der Waals surface area contributed by atoms with Gasteiger partial charge in [0, 0.05) is 6.54 Å². The Labute approximate surface area is 92.8 Å². The highest BCUT2D eigenvalue weighted by atomic mass is 16.2. The van der Waals surface area contributed by atoms with Gasteiger partial charge in [0.05, 0.1) is 5.41 Å². The lowest BCUT2D eigenvalue weighted by atomic mass is 9.60. The van der Waals surface area contributed by atoms with Crippen LogP contribution in [0.25, 0.3) is 0 Å². The van der Waals surface area contributed by atoms with Gasteiger partial charge in [0.2, 0.25) is 5.91 Å². The number of hydrogen-bond acceptors (Lipinski definition) is 1. The molecular formula is C13H23NO. The Morgan fingerprint density at radius 1 is 1.20 bits per heavy atom. The number of carbonyl (C=O) groups is 1. The first-order chi connectivity index (χ1) is 7.17. The summed E-state index contributed by atoms with van der Waals surface area (Å²) in [6.07, 6.45) is 7.15. The van der Waals surface area contributed by atoms with Gasteiger partial charge in [-0.15, -0.1) is 0 Å². The van der Waals surface area contributed by atoms with Crippen molar-refractivity contribution in [1.29, 1.82) is 0 Å². The fourth-order valence-electron chi connectivity index (χ4n) is 3.49. The molecule has 1 spiro atoms. The van der Waals surface area contributed by atoms with E-state index in [9.17, 15) is 4.79 Å². The Kier molecular flexibility index (Phi) is 3.03. The van der Waals surface area contributed by atoms with E-state index in [4.69, 9.17) is 0 Å². The molecule has 86 valence electrons. The topological polar surface area (TPSA) is 29.1 Å². The second kappa shape index (κ2) is 4.15. The highest BCUT2D eigenvalue weighted by Gasteiger charge is 2.47. The standard InChI is InChI=1S/C13H23NO/c1-10-6-5-8-13(11(10)2)7-3-4-9-14-12(13)15/h10-11H,3-9H2,1-2H3,(H,14,15)/t10-,11-,13+/m1/s1. The van der Waals surface area contributed by atoms with Crippen molar-refractivity contribution in [1.82, 2.24) is 5.32 Å². The lowest BCUT2D eigenvalue weighted by molar-refractivity contribution is -0.137. The summed E-state index contributed by atoms with van der Waals surface area (Å²) in [4.78, 5) is 12.2. The van der Waals surface area contributed by atoms with Gasteiger partial charge in [-0.05, 0) is 31.1 Å². The average Bonchev–Trinajstić information content (AvgIpc) is 2.39. The molecule has 1 aliphatic heterocycles. The van der Waals surface area contributed by atoms with E-state index in [1.165, 1.54) is 19.3 Å². The number of rotatable bonds is 0. The van der Waals surface area contributed by atoms with E-state index in [1.54, 1.807) is 0 Å². The van der Waals surface area contributed by atoms with Gasteiger partial charge in [0.1, 0.15) is 0 Å². The van der Waals surface area contributed by atoms with E-state index >= 15 is 0 Å². The molecule has 0 aromatic carbocycles. The van der Waals surface area contributed by atoms with Crippen LogP contribution >= 0.6 is 0 Å². The fourth-order valence-corrected chi connectivity index (χ4v) is 3.49. The van der Waals surface area contributed by atoms with E-state index in [2.05, 4.69) is 19.2 Å². The van der Waals surface area contributed by atoms with E-state index in [0.29, 0.717) is 17.7 Å². The van der Waals surface area contributed by atoms with Crippen LogP contribution in [0.15, 0.2) is 0 Å². The summed E-state index contributed by atoms with van der Waals surface area (Å²) in [5.41, 5.74) is -0.0197. The maximum absolute atomic E-state index is 12.2. The summed E-state index contributed by atoms with van der Waals surface area (Å²) >= 11 is 0. The van der Waals surface area contributed by atoms with Gasteiger partial charge in [-0.1, -0.05) is 33.1 Å². The molecule has 2 aliphatic rings. The molecule has 3 atom stereocenters. The minimum absolute atomic E-state index is 0.0197. The molecule has 1 saturated heterocycles. The van der Waals surface area contributed by atoms with Gasteiger partial charge >= 0.3 is 0 Å². The quantitative estimate of drug-likeness (QED) is 0.653. The third-order valence-corrected chi connectivity index (χ3v) is 4.79. The molecule has 2 fully saturated rings. The number of nitrogens with one attached hydrogen (secondary N) is 1.